The highest BCUT2D eigenvalue weighted by atomic mass is 16.6. The average Bonchev–Trinajstić information content (AvgIpc) is 2.60. The quantitative estimate of drug-likeness (QED) is 0.800. The molecule has 2 rings (SSSR count). The Kier molecular flexibility index (Phi) is 6.27. The Morgan fingerprint density at radius 3 is 2.35 bits per heavy atom. The van der Waals surface area contributed by atoms with Gasteiger partial charge in [-0.15, -0.1) is 0 Å². The fourth-order valence-corrected chi connectivity index (χ4v) is 2.68. The SMILES string of the molecule is COc1ccc(-c2ccccc2CC(N)C(=O)OC(C)(C)C)c(OC)c1. The molecule has 0 aromatic heterocycles. The van der Waals surface area contributed by atoms with E-state index in [1.807, 2.05) is 63.2 Å². The predicted molar refractivity (Wildman–Crippen MR) is 103 cm³/mol. The van der Waals surface area contributed by atoms with Crippen molar-refractivity contribution in [1.82, 2.24) is 0 Å². The van der Waals surface area contributed by atoms with Crippen molar-refractivity contribution in [3.8, 4) is 22.6 Å². The van der Waals surface area contributed by atoms with Crippen LogP contribution in [0.15, 0.2) is 42.5 Å². The van der Waals surface area contributed by atoms with Gasteiger partial charge < -0.3 is 19.9 Å². The van der Waals surface area contributed by atoms with Crippen LogP contribution in [0.5, 0.6) is 11.5 Å². The summed E-state index contributed by atoms with van der Waals surface area (Å²) in [6.07, 6.45) is 0.375. The molecule has 0 saturated heterocycles. The molecule has 5 nitrogen and oxygen atoms in total. The number of esters is 1. The molecule has 1 unspecified atom stereocenters. The summed E-state index contributed by atoms with van der Waals surface area (Å²) in [5.41, 5.74) is 8.37. The maximum atomic E-state index is 12.2. The van der Waals surface area contributed by atoms with Crippen LogP contribution in [0.1, 0.15) is 26.3 Å². The molecular formula is C21H27NO4. The Morgan fingerprint density at radius 1 is 1.04 bits per heavy atom. The summed E-state index contributed by atoms with van der Waals surface area (Å²) >= 11 is 0. The zero-order chi connectivity index (χ0) is 19.3. The number of methoxy groups -OCH3 is 2. The third-order valence-corrected chi connectivity index (χ3v) is 3.87. The summed E-state index contributed by atoms with van der Waals surface area (Å²) in [7, 11) is 3.23. The Bertz CT molecular complexity index is 765. The average molecular weight is 357 g/mol. The fourth-order valence-electron chi connectivity index (χ4n) is 2.68. The number of benzene rings is 2. The zero-order valence-electron chi connectivity index (χ0n) is 16.0. The molecule has 140 valence electrons. The van der Waals surface area contributed by atoms with Gasteiger partial charge in [-0.3, -0.25) is 4.79 Å². The number of carbonyl (C=O) groups is 1. The molecule has 0 aliphatic carbocycles. The van der Waals surface area contributed by atoms with Crippen LogP contribution < -0.4 is 15.2 Å². The molecule has 0 bridgehead atoms. The van der Waals surface area contributed by atoms with Gasteiger partial charge in [-0.25, -0.2) is 0 Å². The Balaban J connectivity index is 2.33. The second kappa shape index (κ2) is 8.23. The standard InChI is InChI=1S/C21H27NO4/c1-21(2,3)26-20(23)18(22)12-14-8-6-7-9-16(14)17-11-10-15(24-4)13-19(17)25-5/h6-11,13,18H,12,22H2,1-5H3. The minimum Gasteiger partial charge on any atom is -0.497 e. The number of ether oxygens (including phenoxy) is 3. The lowest BCUT2D eigenvalue weighted by molar-refractivity contribution is -0.156. The molecular weight excluding hydrogens is 330 g/mol. The predicted octanol–water partition coefficient (Wildman–Crippen LogP) is 3.58. The minimum atomic E-state index is -0.736. The van der Waals surface area contributed by atoms with Crippen molar-refractivity contribution in [1.29, 1.82) is 0 Å². The summed E-state index contributed by atoms with van der Waals surface area (Å²) in [5, 5.41) is 0. The first-order chi connectivity index (χ1) is 12.2. The lowest BCUT2D eigenvalue weighted by Crippen LogP contribution is -2.38. The molecule has 0 aliphatic rings. The fraction of sp³-hybridized carbons (Fsp3) is 0.381. The van der Waals surface area contributed by atoms with Gasteiger partial charge in [-0.1, -0.05) is 24.3 Å². The number of rotatable bonds is 6. The number of carbonyl (C=O) groups excluding carboxylic acids is 1. The van der Waals surface area contributed by atoms with Gasteiger partial charge in [-0.2, -0.15) is 0 Å². The third-order valence-electron chi connectivity index (χ3n) is 3.87. The van der Waals surface area contributed by atoms with Crippen molar-refractivity contribution in [2.45, 2.75) is 38.8 Å². The van der Waals surface area contributed by atoms with Crippen LogP contribution in [-0.4, -0.2) is 31.8 Å². The summed E-state index contributed by atoms with van der Waals surface area (Å²) in [6, 6.07) is 12.7. The minimum absolute atomic E-state index is 0.375. The first kappa shape index (κ1) is 19.8. The topological polar surface area (TPSA) is 70.8 Å². The Labute approximate surface area is 155 Å². The monoisotopic (exact) mass is 357 g/mol. The van der Waals surface area contributed by atoms with Crippen LogP contribution in [0, 0.1) is 0 Å². The van der Waals surface area contributed by atoms with E-state index in [9.17, 15) is 4.79 Å². The molecule has 2 aromatic rings. The molecule has 26 heavy (non-hydrogen) atoms. The number of nitrogens with two attached hydrogens (primary N) is 1. The van der Waals surface area contributed by atoms with Gasteiger partial charge in [-0.05, 0) is 50.5 Å². The van der Waals surface area contributed by atoms with Gasteiger partial charge in [0.2, 0.25) is 0 Å². The van der Waals surface area contributed by atoms with Crippen molar-refractivity contribution in [2.75, 3.05) is 14.2 Å². The molecule has 0 fully saturated rings. The largest absolute Gasteiger partial charge is 0.497 e. The second-order valence-corrected chi connectivity index (χ2v) is 7.07. The van der Waals surface area contributed by atoms with Crippen molar-refractivity contribution in [2.24, 2.45) is 5.73 Å². The van der Waals surface area contributed by atoms with E-state index >= 15 is 0 Å². The normalized spacial score (nSPS) is 12.4. The summed E-state index contributed by atoms with van der Waals surface area (Å²) in [5.74, 6) is 1.00. The Morgan fingerprint density at radius 2 is 1.73 bits per heavy atom. The smallest absolute Gasteiger partial charge is 0.323 e. The lowest BCUT2D eigenvalue weighted by atomic mass is 9.94. The third kappa shape index (κ3) is 4.99. The molecule has 2 N–H and O–H groups in total. The highest BCUT2D eigenvalue weighted by Gasteiger charge is 2.23. The van der Waals surface area contributed by atoms with E-state index in [2.05, 4.69) is 0 Å². The van der Waals surface area contributed by atoms with Crippen molar-refractivity contribution < 1.29 is 19.0 Å². The highest BCUT2D eigenvalue weighted by Crippen LogP contribution is 2.35. The lowest BCUT2D eigenvalue weighted by Gasteiger charge is -2.23. The van der Waals surface area contributed by atoms with Crippen LogP contribution >= 0.6 is 0 Å². The van der Waals surface area contributed by atoms with Crippen LogP contribution in [0.2, 0.25) is 0 Å². The van der Waals surface area contributed by atoms with E-state index in [4.69, 9.17) is 19.9 Å². The molecule has 1 atom stereocenters. The molecule has 0 radical (unpaired) electrons. The number of hydrogen-bond donors (Lipinski definition) is 1. The van der Waals surface area contributed by atoms with Gasteiger partial charge >= 0.3 is 5.97 Å². The molecule has 0 aliphatic heterocycles. The first-order valence-electron chi connectivity index (χ1n) is 8.54. The van der Waals surface area contributed by atoms with Crippen LogP contribution in [0.4, 0.5) is 0 Å². The van der Waals surface area contributed by atoms with E-state index in [0.717, 1.165) is 16.7 Å². The van der Waals surface area contributed by atoms with Gasteiger partial charge in [0.25, 0.3) is 0 Å². The highest BCUT2D eigenvalue weighted by molar-refractivity contribution is 5.78. The molecule has 0 saturated carbocycles. The van der Waals surface area contributed by atoms with Gasteiger partial charge in [0.05, 0.1) is 14.2 Å². The molecule has 5 heteroatoms. The zero-order valence-corrected chi connectivity index (χ0v) is 16.0. The molecule has 0 amide bonds. The van der Waals surface area contributed by atoms with E-state index in [0.29, 0.717) is 17.9 Å². The maximum Gasteiger partial charge on any atom is 0.323 e. The summed E-state index contributed by atoms with van der Waals surface area (Å²) < 4.78 is 16.2. The molecule has 0 spiro atoms. The number of hydrogen-bond acceptors (Lipinski definition) is 5. The van der Waals surface area contributed by atoms with Gasteiger partial charge in [0.1, 0.15) is 23.1 Å². The molecule has 0 heterocycles. The van der Waals surface area contributed by atoms with Crippen LogP contribution in [0.25, 0.3) is 11.1 Å². The van der Waals surface area contributed by atoms with E-state index in [1.54, 1.807) is 14.2 Å². The van der Waals surface area contributed by atoms with Crippen LogP contribution in [0.3, 0.4) is 0 Å². The first-order valence-corrected chi connectivity index (χ1v) is 8.54. The van der Waals surface area contributed by atoms with Crippen molar-refractivity contribution in [3.05, 3.63) is 48.0 Å². The van der Waals surface area contributed by atoms with E-state index < -0.39 is 17.6 Å². The second-order valence-electron chi connectivity index (χ2n) is 7.07. The van der Waals surface area contributed by atoms with Crippen molar-refractivity contribution >= 4 is 5.97 Å². The summed E-state index contributed by atoms with van der Waals surface area (Å²) in [4.78, 5) is 12.2. The molecule has 2 aromatic carbocycles. The van der Waals surface area contributed by atoms with E-state index in [-0.39, 0.29) is 0 Å². The van der Waals surface area contributed by atoms with Crippen molar-refractivity contribution in [3.63, 3.8) is 0 Å². The van der Waals surface area contributed by atoms with Gasteiger partial charge in [0, 0.05) is 11.6 Å². The maximum absolute atomic E-state index is 12.2. The summed E-state index contributed by atoms with van der Waals surface area (Å²) in [6.45, 7) is 5.48. The Hall–Kier alpha value is -2.53. The van der Waals surface area contributed by atoms with Crippen LogP contribution in [-0.2, 0) is 16.0 Å². The van der Waals surface area contributed by atoms with E-state index in [1.165, 1.54) is 0 Å². The van der Waals surface area contributed by atoms with Gasteiger partial charge in [0.15, 0.2) is 0 Å².